The molecule has 0 saturated carbocycles. The van der Waals surface area contributed by atoms with Crippen LogP contribution >= 0.6 is 11.8 Å². The maximum Gasteiger partial charge on any atom is 0.0552 e. The monoisotopic (exact) mass is 211 g/mol. The summed E-state index contributed by atoms with van der Waals surface area (Å²) in [6.45, 7) is 0.828. The summed E-state index contributed by atoms with van der Waals surface area (Å²) in [5.74, 6) is 2.17. The van der Waals surface area contributed by atoms with Gasteiger partial charge in [-0.1, -0.05) is 18.2 Å². The van der Waals surface area contributed by atoms with E-state index >= 15 is 0 Å². The van der Waals surface area contributed by atoms with Crippen LogP contribution in [0.4, 0.5) is 5.69 Å². The Hall–Kier alpha value is -0.670. The van der Waals surface area contributed by atoms with E-state index in [1.165, 1.54) is 5.56 Å². The third-order valence-electron chi connectivity index (χ3n) is 2.00. The SMILES string of the molecule is COCCSCCc1ccccc1N. The summed E-state index contributed by atoms with van der Waals surface area (Å²) in [4.78, 5) is 0. The molecule has 1 aromatic rings. The quantitative estimate of drug-likeness (QED) is 0.578. The second kappa shape index (κ2) is 6.74. The van der Waals surface area contributed by atoms with Gasteiger partial charge in [0.25, 0.3) is 0 Å². The molecular weight excluding hydrogens is 194 g/mol. The number of nitrogen functional groups attached to an aromatic ring is 1. The highest BCUT2D eigenvalue weighted by Crippen LogP contribution is 2.13. The van der Waals surface area contributed by atoms with Crippen molar-refractivity contribution in [2.24, 2.45) is 0 Å². The van der Waals surface area contributed by atoms with Crippen LogP contribution < -0.4 is 5.73 Å². The lowest BCUT2D eigenvalue weighted by Crippen LogP contribution is -1.98. The van der Waals surface area contributed by atoms with E-state index in [1.807, 2.05) is 30.0 Å². The zero-order valence-corrected chi connectivity index (χ0v) is 9.35. The van der Waals surface area contributed by atoms with Crippen molar-refractivity contribution in [1.29, 1.82) is 0 Å². The summed E-state index contributed by atoms with van der Waals surface area (Å²) >= 11 is 1.90. The fourth-order valence-electron chi connectivity index (χ4n) is 1.19. The first kappa shape index (κ1) is 11.4. The van der Waals surface area contributed by atoms with Gasteiger partial charge < -0.3 is 10.5 Å². The third kappa shape index (κ3) is 4.03. The molecule has 78 valence electrons. The fraction of sp³-hybridized carbons (Fsp3) is 0.455. The first-order valence-electron chi connectivity index (χ1n) is 4.74. The molecule has 0 atom stereocenters. The van der Waals surface area contributed by atoms with E-state index in [-0.39, 0.29) is 0 Å². The van der Waals surface area contributed by atoms with Gasteiger partial charge in [0.2, 0.25) is 0 Å². The largest absolute Gasteiger partial charge is 0.399 e. The van der Waals surface area contributed by atoms with Crippen molar-refractivity contribution in [2.45, 2.75) is 6.42 Å². The molecule has 0 aliphatic heterocycles. The number of hydrogen-bond acceptors (Lipinski definition) is 3. The minimum Gasteiger partial charge on any atom is -0.399 e. The summed E-state index contributed by atoms with van der Waals surface area (Å²) < 4.78 is 4.97. The average molecular weight is 211 g/mol. The zero-order chi connectivity index (χ0) is 10.2. The highest BCUT2D eigenvalue weighted by atomic mass is 32.2. The number of benzene rings is 1. The second-order valence-corrected chi connectivity index (χ2v) is 4.28. The van der Waals surface area contributed by atoms with Gasteiger partial charge in [0.15, 0.2) is 0 Å². The molecule has 0 aliphatic rings. The van der Waals surface area contributed by atoms with E-state index in [1.54, 1.807) is 7.11 Å². The van der Waals surface area contributed by atoms with Crippen molar-refractivity contribution in [3.63, 3.8) is 0 Å². The van der Waals surface area contributed by atoms with Crippen molar-refractivity contribution in [3.05, 3.63) is 29.8 Å². The van der Waals surface area contributed by atoms with Crippen molar-refractivity contribution in [1.82, 2.24) is 0 Å². The van der Waals surface area contributed by atoms with Crippen LogP contribution in [0.3, 0.4) is 0 Å². The number of thioether (sulfide) groups is 1. The Morgan fingerprint density at radius 3 is 2.79 bits per heavy atom. The van der Waals surface area contributed by atoms with Gasteiger partial charge in [-0.3, -0.25) is 0 Å². The van der Waals surface area contributed by atoms with E-state index in [0.717, 1.165) is 30.2 Å². The van der Waals surface area contributed by atoms with Crippen LogP contribution in [-0.2, 0) is 11.2 Å². The van der Waals surface area contributed by atoms with Gasteiger partial charge in [0.05, 0.1) is 6.61 Å². The Bertz CT molecular complexity index is 265. The van der Waals surface area contributed by atoms with Crippen molar-refractivity contribution >= 4 is 17.4 Å². The molecule has 1 aromatic carbocycles. The minimum absolute atomic E-state index is 0.828. The van der Waals surface area contributed by atoms with Gasteiger partial charge in [-0.25, -0.2) is 0 Å². The number of methoxy groups -OCH3 is 1. The molecule has 0 heterocycles. The van der Waals surface area contributed by atoms with Gasteiger partial charge in [-0.2, -0.15) is 11.8 Å². The predicted molar refractivity (Wildman–Crippen MR) is 63.8 cm³/mol. The van der Waals surface area contributed by atoms with Crippen LogP contribution in [-0.4, -0.2) is 25.2 Å². The number of aryl methyl sites for hydroxylation is 1. The van der Waals surface area contributed by atoms with Crippen LogP contribution in [0, 0.1) is 0 Å². The van der Waals surface area contributed by atoms with E-state index in [9.17, 15) is 0 Å². The normalized spacial score (nSPS) is 10.4. The van der Waals surface area contributed by atoms with E-state index < -0.39 is 0 Å². The molecular formula is C11H17NOS. The molecule has 0 amide bonds. The lowest BCUT2D eigenvalue weighted by Gasteiger charge is -2.04. The van der Waals surface area contributed by atoms with Gasteiger partial charge in [-0.05, 0) is 23.8 Å². The van der Waals surface area contributed by atoms with Gasteiger partial charge in [-0.15, -0.1) is 0 Å². The van der Waals surface area contributed by atoms with Crippen LogP contribution in [0.2, 0.25) is 0 Å². The maximum atomic E-state index is 5.83. The predicted octanol–water partition coefficient (Wildman–Crippen LogP) is 2.19. The fourth-order valence-corrected chi connectivity index (χ4v) is 2.04. The smallest absolute Gasteiger partial charge is 0.0552 e. The molecule has 0 fully saturated rings. The highest BCUT2D eigenvalue weighted by Gasteiger charge is 1.97. The molecule has 0 aromatic heterocycles. The highest BCUT2D eigenvalue weighted by molar-refractivity contribution is 7.99. The molecule has 0 aliphatic carbocycles. The Morgan fingerprint density at radius 2 is 2.07 bits per heavy atom. The standard InChI is InChI=1S/C11H17NOS/c1-13-7-9-14-8-6-10-4-2-3-5-11(10)12/h2-5H,6-9,12H2,1H3. The summed E-state index contributed by atoms with van der Waals surface area (Å²) in [7, 11) is 1.73. The molecule has 2 N–H and O–H groups in total. The number of ether oxygens (including phenoxy) is 1. The molecule has 14 heavy (non-hydrogen) atoms. The summed E-state index contributed by atoms with van der Waals surface area (Å²) in [6.07, 6.45) is 1.04. The van der Waals surface area contributed by atoms with Crippen molar-refractivity contribution in [2.75, 3.05) is 31.0 Å². The number of para-hydroxylation sites is 1. The summed E-state index contributed by atoms with van der Waals surface area (Å²) in [6, 6.07) is 8.05. The number of hydrogen-bond donors (Lipinski definition) is 1. The first-order valence-corrected chi connectivity index (χ1v) is 5.90. The van der Waals surface area contributed by atoms with E-state index in [2.05, 4.69) is 6.07 Å². The Labute approximate surface area is 89.8 Å². The molecule has 0 radical (unpaired) electrons. The number of anilines is 1. The van der Waals surface area contributed by atoms with Crippen LogP contribution in [0.25, 0.3) is 0 Å². The van der Waals surface area contributed by atoms with E-state index in [0.29, 0.717) is 0 Å². The molecule has 2 nitrogen and oxygen atoms in total. The van der Waals surface area contributed by atoms with Crippen molar-refractivity contribution < 1.29 is 4.74 Å². The second-order valence-electron chi connectivity index (χ2n) is 3.05. The van der Waals surface area contributed by atoms with Gasteiger partial charge >= 0.3 is 0 Å². The van der Waals surface area contributed by atoms with Gasteiger partial charge in [0, 0.05) is 18.6 Å². The molecule has 0 bridgehead atoms. The summed E-state index contributed by atoms with van der Waals surface area (Å²) in [5.41, 5.74) is 7.98. The molecule has 0 saturated heterocycles. The van der Waals surface area contributed by atoms with Crippen molar-refractivity contribution in [3.8, 4) is 0 Å². The lowest BCUT2D eigenvalue weighted by molar-refractivity contribution is 0.218. The third-order valence-corrected chi connectivity index (χ3v) is 2.95. The maximum absolute atomic E-state index is 5.83. The van der Waals surface area contributed by atoms with Gasteiger partial charge in [0.1, 0.15) is 0 Å². The topological polar surface area (TPSA) is 35.2 Å². The average Bonchev–Trinajstić information content (AvgIpc) is 2.20. The molecule has 3 heteroatoms. The first-order chi connectivity index (χ1) is 6.84. The lowest BCUT2D eigenvalue weighted by atomic mass is 10.1. The Kier molecular flexibility index (Phi) is 5.49. The Morgan fingerprint density at radius 1 is 1.29 bits per heavy atom. The number of nitrogens with two attached hydrogens (primary N) is 1. The zero-order valence-electron chi connectivity index (χ0n) is 8.53. The van der Waals surface area contributed by atoms with Crippen LogP contribution in [0.15, 0.2) is 24.3 Å². The Balaban J connectivity index is 2.21. The van der Waals surface area contributed by atoms with Crippen LogP contribution in [0.1, 0.15) is 5.56 Å². The summed E-state index contributed by atoms with van der Waals surface area (Å²) in [5, 5.41) is 0. The molecule has 1 rings (SSSR count). The van der Waals surface area contributed by atoms with E-state index in [4.69, 9.17) is 10.5 Å². The molecule has 0 unspecified atom stereocenters. The number of rotatable bonds is 6. The minimum atomic E-state index is 0.828. The molecule has 0 spiro atoms. The van der Waals surface area contributed by atoms with Crippen LogP contribution in [0.5, 0.6) is 0 Å².